The summed E-state index contributed by atoms with van der Waals surface area (Å²) in [4.78, 5) is 28.4. The van der Waals surface area contributed by atoms with Crippen LogP contribution in [0, 0.1) is 11.8 Å². The van der Waals surface area contributed by atoms with Gasteiger partial charge in [-0.2, -0.15) is 0 Å². The van der Waals surface area contributed by atoms with Crippen LogP contribution >= 0.6 is 0 Å². The molecule has 0 aromatic carbocycles. The van der Waals surface area contributed by atoms with Crippen LogP contribution in [0.15, 0.2) is 0 Å². The Labute approximate surface area is 127 Å². The zero-order valence-corrected chi connectivity index (χ0v) is 13.3. The van der Waals surface area contributed by atoms with Crippen LogP contribution in [-0.4, -0.2) is 61.0 Å². The third-order valence-corrected chi connectivity index (χ3v) is 4.46. The summed E-state index contributed by atoms with van der Waals surface area (Å²) in [6.45, 7) is 8.48. The Hall–Kier alpha value is -1.10. The molecule has 21 heavy (non-hydrogen) atoms. The SMILES string of the molecule is CC(C)CCC(=O)N1CCC(C(=O)N2CCOCC2)CC1. The van der Waals surface area contributed by atoms with Gasteiger partial charge in [0, 0.05) is 38.5 Å². The van der Waals surface area contributed by atoms with Crippen molar-refractivity contribution in [2.24, 2.45) is 11.8 Å². The smallest absolute Gasteiger partial charge is 0.225 e. The van der Waals surface area contributed by atoms with Crippen molar-refractivity contribution in [2.45, 2.75) is 39.5 Å². The van der Waals surface area contributed by atoms with Gasteiger partial charge in [-0.15, -0.1) is 0 Å². The molecule has 0 saturated carbocycles. The van der Waals surface area contributed by atoms with Crippen molar-refractivity contribution < 1.29 is 14.3 Å². The van der Waals surface area contributed by atoms with E-state index < -0.39 is 0 Å². The first-order chi connectivity index (χ1) is 10.1. The third-order valence-electron chi connectivity index (χ3n) is 4.46. The molecule has 2 rings (SSSR count). The average molecular weight is 296 g/mol. The molecule has 0 spiro atoms. The number of rotatable bonds is 4. The number of piperidine rings is 1. The minimum absolute atomic E-state index is 0.0947. The van der Waals surface area contributed by atoms with Gasteiger partial charge in [-0.25, -0.2) is 0 Å². The van der Waals surface area contributed by atoms with E-state index in [-0.39, 0.29) is 17.7 Å². The number of ether oxygens (including phenoxy) is 1. The van der Waals surface area contributed by atoms with Gasteiger partial charge in [0.1, 0.15) is 0 Å². The Morgan fingerprint density at radius 1 is 1.05 bits per heavy atom. The maximum Gasteiger partial charge on any atom is 0.225 e. The zero-order chi connectivity index (χ0) is 15.2. The predicted molar refractivity (Wildman–Crippen MR) is 80.8 cm³/mol. The van der Waals surface area contributed by atoms with Crippen LogP contribution in [0.3, 0.4) is 0 Å². The molecule has 0 aliphatic carbocycles. The summed E-state index contributed by atoms with van der Waals surface area (Å²) >= 11 is 0. The third kappa shape index (κ3) is 4.70. The Bertz CT molecular complexity index is 357. The maximum atomic E-state index is 12.4. The van der Waals surface area contributed by atoms with E-state index in [0.29, 0.717) is 38.6 Å². The van der Waals surface area contributed by atoms with Crippen LogP contribution in [0.5, 0.6) is 0 Å². The Morgan fingerprint density at radius 2 is 1.67 bits per heavy atom. The lowest BCUT2D eigenvalue weighted by atomic mass is 9.94. The fourth-order valence-electron chi connectivity index (χ4n) is 2.99. The molecule has 0 aromatic rings. The molecule has 0 bridgehead atoms. The van der Waals surface area contributed by atoms with Crippen molar-refractivity contribution in [1.82, 2.24) is 9.80 Å². The van der Waals surface area contributed by atoms with E-state index in [4.69, 9.17) is 4.74 Å². The van der Waals surface area contributed by atoms with Gasteiger partial charge in [0.25, 0.3) is 0 Å². The van der Waals surface area contributed by atoms with Gasteiger partial charge >= 0.3 is 0 Å². The van der Waals surface area contributed by atoms with Crippen molar-refractivity contribution in [2.75, 3.05) is 39.4 Å². The number of amides is 2. The molecule has 2 aliphatic heterocycles. The van der Waals surface area contributed by atoms with Crippen LogP contribution in [-0.2, 0) is 14.3 Å². The molecule has 0 unspecified atom stereocenters. The van der Waals surface area contributed by atoms with Crippen molar-refractivity contribution in [3.05, 3.63) is 0 Å². The summed E-state index contributed by atoms with van der Waals surface area (Å²) in [7, 11) is 0. The quantitative estimate of drug-likeness (QED) is 0.790. The van der Waals surface area contributed by atoms with Crippen LogP contribution in [0.2, 0.25) is 0 Å². The second-order valence-electron chi connectivity index (χ2n) is 6.53. The minimum atomic E-state index is 0.0947. The molecular formula is C16H28N2O3. The summed E-state index contributed by atoms with van der Waals surface area (Å²) in [6.07, 6.45) is 3.21. The van der Waals surface area contributed by atoms with Crippen LogP contribution in [0.4, 0.5) is 0 Å². The van der Waals surface area contributed by atoms with E-state index in [0.717, 1.165) is 32.4 Å². The fourth-order valence-corrected chi connectivity index (χ4v) is 2.99. The second kappa shape index (κ2) is 7.78. The number of nitrogens with zero attached hydrogens (tertiary/aromatic N) is 2. The number of carbonyl (C=O) groups excluding carboxylic acids is 2. The van der Waals surface area contributed by atoms with Crippen LogP contribution in [0.1, 0.15) is 39.5 Å². The zero-order valence-electron chi connectivity index (χ0n) is 13.3. The van der Waals surface area contributed by atoms with Crippen molar-refractivity contribution in [3.8, 4) is 0 Å². The summed E-state index contributed by atoms with van der Waals surface area (Å²) in [5.41, 5.74) is 0. The second-order valence-corrected chi connectivity index (χ2v) is 6.53. The summed E-state index contributed by atoms with van der Waals surface area (Å²) in [5, 5.41) is 0. The number of likely N-dealkylation sites (tertiary alicyclic amines) is 1. The molecule has 0 atom stereocenters. The van der Waals surface area contributed by atoms with E-state index in [2.05, 4.69) is 13.8 Å². The van der Waals surface area contributed by atoms with Gasteiger partial charge < -0.3 is 14.5 Å². The van der Waals surface area contributed by atoms with E-state index in [1.165, 1.54) is 0 Å². The lowest BCUT2D eigenvalue weighted by molar-refractivity contribution is -0.143. The maximum absolute atomic E-state index is 12.4. The molecular weight excluding hydrogens is 268 g/mol. The highest BCUT2D eigenvalue weighted by Crippen LogP contribution is 2.21. The lowest BCUT2D eigenvalue weighted by Gasteiger charge is -2.35. The molecule has 2 saturated heterocycles. The van der Waals surface area contributed by atoms with E-state index in [1.54, 1.807) is 0 Å². The molecule has 0 N–H and O–H groups in total. The van der Waals surface area contributed by atoms with E-state index in [9.17, 15) is 9.59 Å². The topological polar surface area (TPSA) is 49.9 Å². The number of hydrogen-bond acceptors (Lipinski definition) is 3. The number of morpholine rings is 1. The molecule has 2 heterocycles. The lowest BCUT2D eigenvalue weighted by Crippen LogP contribution is -2.47. The van der Waals surface area contributed by atoms with Crippen molar-refractivity contribution in [1.29, 1.82) is 0 Å². The van der Waals surface area contributed by atoms with Crippen molar-refractivity contribution in [3.63, 3.8) is 0 Å². The first-order valence-corrected chi connectivity index (χ1v) is 8.22. The van der Waals surface area contributed by atoms with Gasteiger partial charge in [0.05, 0.1) is 13.2 Å². The first kappa shape index (κ1) is 16.3. The molecule has 0 radical (unpaired) electrons. The van der Waals surface area contributed by atoms with Crippen molar-refractivity contribution >= 4 is 11.8 Å². The highest BCUT2D eigenvalue weighted by Gasteiger charge is 2.30. The standard InChI is InChI=1S/C16H28N2O3/c1-13(2)3-4-15(19)17-7-5-14(6-8-17)16(20)18-9-11-21-12-10-18/h13-14H,3-12H2,1-2H3. The largest absolute Gasteiger partial charge is 0.378 e. The Kier molecular flexibility index (Phi) is 6.03. The molecule has 2 fully saturated rings. The van der Waals surface area contributed by atoms with Crippen LogP contribution in [0.25, 0.3) is 0 Å². The average Bonchev–Trinajstić information content (AvgIpc) is 2.53. The fraction of sp³-hybridized carbons (Fsp3) is 0.875. The summed E-state index contributed by atoms with van der Waals surface area (Å²) in [5.74, 6) is 1.17. The molecule has 0 aromatic heterocycles. The predicted octanol–water partition coefficient (Wildman–Crippen LogP) is 1.52. The summed E-state index contributed by atoms with van der Waals surface area (Å²) < 4.78 is 5.29. The van der Waals surface area contributed by atoms with Gasteiger partial charge in [-0.1, -0.05) is 13.8 Å². The van der Waals surface area contributed by atoms with Gasteiger partial charge in [0.15, 0.2) is 0 Å². The van der Waals surface area contributed by atoms with Gasteiger partial charge in [-0.05, 0) is 25.2 Å². The van der Waals surface area contributed by atoms with Gasteiger partial charge in [-0.3, -0.25) is 9.59 Å². The van der Waals surface area contributed by atoms with E-state index >= 15 is 0 Å². The van der Waals surface area contributed by atoms with Gasteiger partial charge in [0.2, 0.25) is 11.8 Å². The molecule has 2 aliphatic rings. The molecule has 2 amide bonds. The molecule has 120 valence electrons. The molecule has 5 nitrogen and oxygen atoms in total. The molecule has 5 heteroatoms. The first-order valence-electron chi connectivity index (χ1n) is 8.22. The highest BCUT2D eigenvalue weighted by molar-refractivity contribution is 5.80. The normalized spacial score (nSPS) is 20.9. The Morgan fingerprint density at radius 3 is 2.24 bits per heavy atom. The Balaban J connectivity index is 1.74. The summed E-state index contributed by atoms with van der Waals surface area (Å²) in [6, 6.07) is 0. The van der Waals surface area contributed by atoms with Crippen LogP contribution < -0.4 is 0 Å². The minimum Gasteiger partial charge on any atom is -0.378 e. The van der Waals surface area contributed by atoms with E-state index in [1.807, 2.05) is 9.80 Å². The number of hydrogen-bond donors (Lipinski definition) is 0. The monoisotopic (exact) mass is 296 g/mol. The number of carbonyl (C=O) groups is 2. The highest BCUT2D eigenvalue weighted by atomic mass is 16.5.